The summed E-state index contributed by atoms with van der Waals surface area (Å²) in [7, 11) is -3.81. The normalized spacial score (nSPS) is 17.5. The Morgan fingerprint density at radius 1 is 1.45 bits per heavy atom. The van der Waals surface area contributed by atoms with Gasteiger partial charge < -0.3 is 5.11 Å². The number of carbonyl (C=O) groups is 1. The number of halogens is 1. The maximum atomic E-state index is 12.3. The first-order valence-electron chi connectivity index (χ1n) is 6.36. The zero-order chi connectivity index (χ0) is 14.9. The molecule has 1 atom stereocenters. The van der Waals surface area contributed by atoms with E-state index in [-0.39, 0.29) is 21.5 Å². The Labute approximate surface area is 123 Å². The molecule has 0 radical (unpaired) electrons. The van der Waals surface area contributed by atoms with E-state index in [9.17, 15) is 13.2 Å². The van der Waals surface area contributed by atoms with Crippen molar-refractivity contribution in [1.82, 2.24) is 4.72 Å². The predicted molar refractivity (Wildman–Crippen MR) is 75.5 cm³/mol. The van der Waals surface area contributed by atoms with Crippen LogP contribution in [-0.2, 0) is 10.0 Å². The molecule has 2 rings (SSSR count). The lowest BCUT2D eigenvalue weighted by atomic mass is 9.81. The number of benzene rings is 1. The third-order valence-electron chi connectivity index (χ3n) is 3.67. The van der Waals surface area contributed by atoms with Gasteiger partial charge in [-0.15, -0.1) is 0 Å². The van der Waals surface area contributed by atoms with Crippen molar-refractivity contribution in [1.29, 1.82) is 0 Å². The van der Waals surface area contributed by atoms with Crippen LogP contribution in [0.5, 0.6) is 0 Å². The van der Waals surface area contributed by atoms with Crippen molar-refractivity contribution in [2.45, 2.75) is 37.1 Å². The van der Waals surface area contributed by atoms with Crippen LogP contribution in [0.4, 0.5) is 0 Å². The minimum absolute atomic E-state index is 0.0170. The Morgan fingerprint density at radius 2 is 2.10 bits per heavy atom. The van der Waals surface area contributed by atoms with E-state index in [0.717, 1.165) is 25.3 Å². The van der Waals surface area contributed by atoms with Gasteiger partial charge in [-0.25, -0.2) is 17.9 Å². The Morgan fingerprint density at radius 3 is 2.60 bits per heavy atom. The van der Waals surface area contributed by atoms with Crippen molar-refractivity contribution in [2.75, 3.05) is 0 Å². The fourth-order valence-electron chi connectivity index (χ4n) is 2.19. The molecule has 0 heterocycles. The quantitative estimate of drug-likeness (QED) is 0.874. The number of rotatable bonds is 5. The Bertz CT molecular complexity index is 625. The van der Waals surface area contributed by atoms with Gasteiger partial charge in [-0.1, -0.05) is 18.0 Å². The highest BCUT2D eigenvalue weighted by molar-refractivity contribution is 7.89. The molecule has 20 heavy (non-hydrogen) atoms. The van der Waals surface area contributed by atoms with E-state index in [2.05, 4.69) is 4.72 Å². The second kappa shape index (κ2) is 5.71. The average molecular weight is 318 g/mol. The smallest absolute Gasteiger partial charge is 0.335 e. The van der Waals surface area contributed by atoms with Crippen LogP contribution in [0.1, 0.15) is 36.5 Å². The molecule has 1 fully saturated rings. The lowest BCUT2D eigenvalue weighted by Crippen LogP contribution is -2.40. The molecule has 5 nitrogen and oxygen atoms in total. The van der Waals surface area contributed by atoms with Gasteiger partial charge in [-0.3, -0.25) is 0 Å². The van der Waals surface area contributed by atoms with E-state index in [4.69, 9.17) is 16.7 Å². The minimum atomic E-state index is -3.81. The molecule has 7 heteroatoms. The van der Waals surface area contributed by atoms with Crippen LogP contribution in [0, 0.1) is 5.92 Å². The van der Waals surface area contributed by atoms with Gasteiger partial charge >= 0.3 is 5.97 Å². The SMILES string of the molecule is CC(NS(=O)(=O)c1cc(C(=O)O)ccc1Cl)C1CCC1. The zero-order valence-electron chi connectivity index (χ0n) is 11.0. The molecule has 110 valence electrons. The van der Waals surface area contributed by atoms with Gasteiger partial charge in [-0.2, -0.15) is 0 Å². The maximum Gasteiger partial charge on any atom is 0.335 e. The molecule has 1 aliphatic carbocycles. The Balaban J connectivity index is 2.28. The fraction of sp³-hybridized carbons (Fsp3) is 0.462. The van der Waals surface area contributed by atoms with Gasteiger partial charge in [0.15, 0.2) is 0 Å². The first-order valence-corrected chi connectivity index (χ1v) is 8.22. The first-order chi connectivity index (χ1) is 9.31. The summed E-state index contributed by atoms with van der Waals surface area (Å²) >= 11 is 5.88. The average Bonchev–Trinajstić information content (AvgIpc) is 2.25. The number of carboxylic acid groups (broad SMARTS) is 1. The monoisotopic (exact) mass is 317 g/mol. The maximum absolute atomic E-state index is 12.3. The van der Waals surface area contributed by atoms with Gasteiger partial charge in [0, 0.05) is 6.04 Å². The van der Waals surface area contributed by atoms with Crippen LogP contribution in [0.15, 0.2) is 23.1 Å². The van der Waals surface area contributed by atoms with Crippen molar-refractivity contribution < 1.29 is 18.3 Å². The van der Waals surface area contributed by atoms with E-state index in [1.807, 2.05) is 6.92 Å². The zero-order valence-corrected chi connectivity index (χ0v) is 12.5. The molecule has 0 spiro atoms. The molecule has 0 bridgehead atoms. The molecule has 0 aliphatic heterocycles. The summed E-state index contributed by atoms with van der Waals surface area (Å²) in [5.41, 5.74) is -0.105. The third kappa shape index (κ3) is 3.13. The van der Waals surface area contributed by atoms with Crippen molar-refractivity contribution >= 4 is 27.6 Å². The van der Waals surface area contributed by atoms with Crippen molar-refractivity contribution in [3.8, 4) is 0 Å². The van der Waals surface area contributed by atoms with Crippen LogP contribution in [0.25, 0.3) is 0 Å². The van der Waals surface area contributed by atoms with E-state index in [1.54, 1.807) is 0 Å². The Kier molecular flexibility index (Phi) is 4.36. The number of hydrogen-bond donors (Lipinski definition) is 2. The van der Waals surface area contributed by atoms with Gasteiger partial charge in [0.1, 0.15) is 4.90 Å². The number of aromatic carboxylic acids is 1. The number of nitrogens with one attached hydrogen (secondary N) is 1. The molecule has 1 saturated carbocycles. The predicted octanol–water partition coefficient (Wildman–Crippen LogP) is 2.51. The van der Waals surface area contributed by atoms with E-state index in [0.29, 0.717) is 5.92 Å². The topological polar surface area (TPSA) is 83.5 Å². The highest BCUT2D eigenvalue weighted by Gasteiger charge is 2.29. The van der Waals surface area contributed by atoms with Crippen LogP contribution in [-0.4, -0.2) is 25.5 Å². The summed E-state index contributed by atoms with van der Waals surface area (Å²) in [6.07, 6.45) is 3.13. The van der Waals surface area contributed by atoms with Crippen LogP contribution < -0.4 is 4.72 Å². The van der Waals surface area contributed by atoms with E-state index in [1.165, 1.54) is 12.1 Å². The molecular formula is C13H16ClNO4S. The molecular weight excluding hydrogens is 302 g/mol. The van der Waals surface area contributed by atoms with Gasteiger partial charge in [0.25, 0.3) is 0 Å². The lowest BCUT2D eigenvalue weighted by Gasteiger charge is -2.31. The molecule has 1 aromatic rings. The molecule has 1 aliphatic rings. The molecule has 1 unspecified atom stereocenters. The summed E-state index contributed by atoms with van der Waals surface area (Å²) in [6.45, 7) is 1.82. The summed E-state index contributed by atoms with van der Waals surface area (Å²) in [6, 6.07) is 3.46. The fourth-order valence-corrected chi connectivity index (χ4v) is 4.02. The molecule has 1 aromatic carbocycles. The van der Waals surface area contributed by atoms with Crippen LogP contribution in [0.2, 0.25) is 5.02 Å². The second-order valence-corrected chi connectivity index (χ2v) is 7.14. The van der Waals surface area contributed by atoms with Crippen molar-refractivity contribution in [3.05, 3.63) is 28.8 Å². The largest absolute Gasteiger partial charge is 0.478 e. The van der Waals surface area contributed by atoms with Gasteiger partial charge in [0.2, 0.25) is 10.0 Å². The van der Waals surface area contributed by atoms with Gasteiger partial charge in [0.05, 0.1) is 10.6 Å². The third-order valence-corrected chi connectivity index (χ3v) is 5.71. The first kappa shape index (κ1) is 15.3. The van der Waals surface area contributed by atoms with E-state index >= 15 is 0 Å². The molecule has 0 aromatic heterocycles. The highest BCUT2D eigenvalue weighted by Crippen LogP contribution is 2.31. The summed E-state index contributed by atoms with van der Waals surface area (Å²) in [4.78, 5) is 10.7. The Hall–Kier alpha value is -1.11. The molecule has 0 saturated heterocycles. The summed E-state index contributed by atoms with van der Waals surface area (Å²) in [5.74, 6) is -0.851. The van der Waals surface area contributed by atoms with Crippen molar-refractivity contribution in [3.63, 3.8) is 0 Å². The van der Waals surface area contributed by atoms with Crippen LogP contribution in [0.3, 0.4) is 0 Å². The highest BCUT2D eigenvalue weighted by atomic mass is 35.5. The van der Waals surface area contributed by atoms with E-state index < -0.39 is 16.0 Å². The summed E-state index contributed by atoms with van der Waals surface area (Å²) < 4.78 is 27.2. The standard InChI is InChI=1S/C13H16ClNO4S/c1-8(9-3-2-4-9)15-20(18,19)12-7-10(13(16)17)5-6-11(12)14/h5-9,15H,2-4H2,1H3,(H,16,17). The van der Waals surface area contributed by atoms with Crippen molar-refractivity contribution in [2.24, 2.45) is 5.92 Å². The van der Waals surface area contributed by atoms with Crippen LogP contribution >= 0.6 is 11.6 Å². The van der Waals surface area contributed by atoms with Gasteiger partial charge in [-0.05, 0) is 43.9 Å². The minimum Gasteiger partial charge on any atom is -0.478 e. The number of carboxylic acids is 1. The summed E-state index contributed by atoms with van der Waals surface area (Å²) in [5, 5.41) is 8.94. The number of sulfonamides is 1. The molecule has 0 amide bonds. The second-order valence-electron chi connectivity index (χ2n) is 5.05. The number of hydrogen-bond acceptors (Lipinski definition) is 3. The molecule has 2 N–H and O–H groups in total. The lowest BCUT2D eigenvalue weighted by molar-refractivity contribution is 0.0696.